The summed E-state index contributed by atoms with van der Waals surface area (Å²) in [6.45, 7) is 0.991. The van der Waals surface area contributed by atoms with Crippen molar-refractivity contribution in [3.8, 4) is 0 Å². The zero-order valence-electron chi connectivity index (χ0n) is 8.34. The van der Waals surface area contributed by atoms with Gasteiger partial charge in [0.1, 0.15) is 5.56 Å². The smallest absolute Gasteiger partial charge is 0.294 e. The Morgan fingerprint density at radius 3 is 2.29 bits per heavy atom. The molecule has 0 aromatic heterocycles. The molecule has 4 nitrogen and oxygen atoms in total. The Labute approximate surface area is 107 Å². The molecule has 1 aromatic rings. The van der Waals surface area contributed by atoms with Crippen LogP contribution in [0.15, 0.2) is 12.1 Å². The fourth-order valence-electron chi connectivity index (χ4n) is 1.27. The van der Waals surface area contributed by atoms with Crippen molar-refractivity contribution in [1.82, 2.24) is 0 Å². The van der Waals surface area contributed by atoms with Gasteiger partial charge in [0.15, 0.2) is 5.78 Å². The lowest BCUT2D eigenvalue weighted by molar-refractivity contribution is -0.385. The molecular formula is C9H5F3INO3. The van der Waals surface area contributed by atoms with Crippen molar-refractivity contribution in [3.05, 3.63) is 36.9 Å². The summed E-state index contributed by atoms with van der Waals surface area (Å²) in [6.07, 6.45) is -4.64. The van der Waals surface area contributed by atoms with Crippen LogP contribution in [0.25, 0.3) is 0 Å². The van der Waals surface area contributed by atoms with E-state index in [0.29, 0.717) is 12.1 Å². The third-order valence-corrected chi connectivity index (χ3v) is 3.09. The lowest BCUT2D eigenvalue weighted by Crippen LogP contribution is -2.12. The second kappa shape index (κ2) is 4.59. The third kappa shape index (κ3) is 2.73. The van der Waals surface area contributed by atoms with Gasteiger partial charge in [-0.2, -0.15) is 13.2 Å². The van der Waals surface area contributed by atoms with Crippen LogP contribution in [0.4, 0.5) is 18.9 Å². The zero-order chi connectivity index (χ0) is 13.4. The summed E-state index contributed by atoms with van der Waals surface area (Å²) in [5.74, 6) is -0.771. The highest BCUT2D eigenvalue weighted by molar-refractivity contribution is 14.1. The number of benzene rings is 1. The van der Waals surface area contributed by atoms with Gasteiger partial charge < -0.3 is 0 Å². The molecule has 8 heteroatoms. The van der Waals surface area contributed by atoms with Crippen LogP contribution >= 0.6 is 22.6 Å². The second-order valence-corrected chi connectivity index (χ2v) is 4.21. The van der Waals surface area contributed by atoms with E-state index >= 15 is 0 Å². The van der Waals surface area contributed by atoms with Crippen molar-refractivity contribution in [2.75, 3.05) is 0 Å². The lowest BCUT2D eigenvalue weighted by Gasteiger charge is -2.11. The number of hydrogen-bond acceptors (Lipinski definition) is 3. The van der Waals surface area contributed by atoms with Gasteiger partial charge in [-0.1, -0.05) is 0 Å². The molecular weight excluding hydrogens is 354 g/mol. The van der Waals surface area contributed by atoms with Gasteiger partial charge >= 0.3 is 6.18 Å². The van der Waals surface area contributed by atoms with Crippen LogP contribution in [0.1, 0.15) is 22.8 Å². The minimum absolute atomic E-state index is 0.447. The Bertz CT molecular complexity index is 499. The van der Waals surface area contributed by atoms with Crippen LogP contribution in [0, 0.1) is 13.7 Å². The summed E-state index contributed by atoms with van der Waals surface area (Å²) < 4.78 is 37.2. The van der Waals surface area contributed by atoms with Crippen LogP contribution < -0.4 is 0 Å². The van der Waals surface area contributed by atoms with Gasteiger partial charge in [0.05, 0.1) is 10.5 Å². The van der Waals surface area contributed by atoms with Gasteiger partial charge in [-0.05, 0) is 35.6 Å². The molecule has 0 bridgehead atoms. The normalized spacial score (nSPS) is 11.4. The van der Waals surface area contributed by atoms with E-state index in [0.717, 1.165) is 6.92 Å². The van der Waals surface area contributed by atoms with Gasteiger partial charge in [-0.15, -0.1) is 0 Å². The number of hydrogen-bond donors (Lipinski definition) is 0. The van der Waals surface area contributed by atoms with E-state index in [1.54, 1.807) is 0 Å². The Hall–Kier alpha value is -1.19. The van der Waals surface area contributed by atoms with Gasteiger partial charge in [0.25, 0.3) is 5.69 Å². The number of carbonyl (C=O) groups is 1. The highest BCUT2D eigenvalue weighted by Gasteiger charge is 2.36. The Kier molecular flexibility index (Phi) is 3.74. The SMILES string of the molecule is CC(=O)c1c([N+](=O)[O-])ccc(C(F)(F)F)c1I. The highest BCUT2D eigenvalue weighted by Crippen LogP contribution is 2.37. The molecule has 1 aromatic carbocycles. The van der Waals surface area contributed by atoms with Crippen LogP contribution in [-0.2, 0) is 6.18 Å². The Morgan fingerprint density at radius 1 is 1.41 bits per heavy atom. The van der Waals surface area contributed by atoms with E-state index in [4.69, 9.17) is 0 Å². The summed E-state index contributed by atoms with van der Waals surface area (Å²) >= 11 is 1.30. The molecule has 0 saturated heterocycles. The minimum Gasteiger partial charge on any atom is -0.294 e. The quantitative estimate of drug-likeness (QED) is 0.352. The molecule has 0 unspecified atom stereocenters. The average Bonchev–Trinajstić information content (AvgIpc) is 2.13. The van der Waals surface area contributed by atoms with Gasteiger partial charge in [-0.3, -0.25) is 14.9 Å². The minimum atomic E-state index is -4.64. The number of nitro benzene ring substituents is 1. The maximum atomic E-state index is 12.5. The summed E-state index contributed by atoms with van der Waals surface area (Å²) in [7, 11) is 0. The first-order chi connectivity index (χ1) is 7.66. The number of rotatable bonds is 2. The van der Waals surface area contributed by atoms with Crippen LogP contribution in [-0.4, -0.2) is 10.7 Å². The maximum Gasteiger partial charge on any atom is 0.417 e. The standard InChI is InChI=1S/C9H5F3INO3/c1-4(15)7-6(14(16)17)3-2-5(8(7)13)9(10,11)12/h2-3H,1H3. The zero-order valence-corrected chi connectivity index (χ0v) is 10.5. The van der Waals surface area contributed by atoms with Crippen LogP contribution in [0.3, 0.4) is 0 Å². The predicted octanol–water partition coefficient (Wildman–Crippen LogP) is 3.42. The molecule has 0 amide bonds. The molecule has 0 aliphatic rings. The first-order valence-corrected chi connectivity index (χ1v) is 5.29. The fourth-order valence-corrected chi connectivity index (χ4v) is 2.41. The first-order valence-electron chi connectivity index (χ1n) is 4.21. The molecule has 0 N–H and O–H groups in total. The van der Waals surface area contributed by atoms with Gasteiger partial charge in [-0.25, -0.2) is 0 Å². The number of alkyl halides is 3. The van der Waals surface area contributed by atoms with Crippen LogP contribution in [0.2, 0.25) is 0 Å². The third-order valence-electron chi connectivity index (χ3n) is 1.97. The summed E-state index contributed by atoms with van der Waals surface area (Å²) in [5.41, 5.74) is -2.17. The Balaban J connectivity index is 3.61. The van der Waals surface area contributed by atoms with E-state index < -0.39 is 37.3 Å². The summed E-state index contributed by atoms with van der Waals surface area (Å²) in [5, 5.41) is 10.6. The second-order valence-electron chi connectivity index (χ2n) is 3.13. The molecule has 0 heterocycles. The number of halogens is 4. The number of nitro groups is 1. The monoisotopic (exact) mass is 359 g/mol. The highest BCUT2D eigenvalue weighted by atomic mass is 127. The number of Topliss-reactive ketones (excluding diaryl/α,β-unsaturated/α-hetero) is 1. The molecule has 0 atom stereocenters. The van der Waals surface area contributed by atoms with E-state index in [2.05, 4.69) is 0 Å². The number of carbonyl (C=O) groups excluding carboxylic acids is 1. The molecule has 17 heavy (non-hydrogen) atoms. The summed E-state index contributed by atoms with van der Waals surface area (Å²) in [4.78, 5) is 20.9. The molecule has 0 radical (unpaired) electrons. The maximum absolute atomic E-state index is 12.5. The largest absolute Gasteiger partial charge is 0.417 e. The first kappa shape index (κ1) is 13.9. The van der Waals surface area contributed by atoms with Crippen LogP contribution in [0.5, 0.6) is 0 Å². The van der Waals surface area contributed by atoms with Crippen molar-refractivity contribution >= 4 is 34.1 Å². The fraction of sp³-hybridized carbons (Fsp3) is 0.222. The van der Waals surface area contributed by atoms with Gasteiger partial charge in [0, 0.05) is 9.64 Å². The van der Waals surface area contributed by atoms with E-state index in [1.165, 1.54) is 22.6 Å². The summed E-state index contributed by atoms with van der Waals surface area (Å²) in [6, 6.07) is 1.30. The molecule has 0 fully saturated rings. The van der Waals surface area contributed by atoms with E-state index in [1.807, 2.05) is 0 Å². The molecule has 0 aliphatic heterocycles. The number of nitrogens with zero attached hydrogens (tertiary/aromatic N) is 1. The molecule has 1 rings (SSSR count). The van der Waals surface area contributed by atoms with Crippen molar-refractivity contribution < 1.29 is 22.9 Å². The van der Waals surface area contributed by atoms with E-state index in [-0.39, 0.29) is 0 Å². The molecule has 0 saturated carbocycles. The molecule has 0 aliphatic carbocycles. The van der Waals surface area contributed by atoms with E-state index in [9.17, 15) is 28.1 Å². The lowest BCUT2D eigenvalue weighted by atomic mass is 10.1. The molecule has 0 spiro atoms. The van der Waals surface area contributed by atoms with Crippen molar-refractivity contribution in [2.45, 2.75) is 13.1 Å². The Morgan fingerprint density at radius 2 is 1.94 bits per heavy atom. The molecule has 92 valence electrons. The average molecular weight is 359 g/mol. The topological polar surface area (TPSA) is 60.2 Å². The number of ketones is 1. The predicted molar refractivity (Wildman–Crippen MR) is 60.8 cm³/mol. The van der Waals surface area contributed by atoms with Crippen molar-refractivity contribution in [2.24, 2.45) is 0 Å². The van der Waals surface area contributed by atoms with Gasteiger partial charge in [0.2, 0.25) is 0 Å². The van der Waals surface area contributed by atoms with Crippen molar-refractivity contribution in [1.29, 1.82) is 0 Å². The van der Waals surface area contributed by atoms with Crippen molar-refractivity contribution in [3.63, 3.8) is 0 Å².